The molecule has 1 aromatic carbocycles. The van der Waals surface area contributed by atoms with Crippen molar-refractivity contribution in [2.75, 3.05) is 30.3 Å². The number of aliphatic hydroxyl groups is 1. The summed E-state index contributed by atoms with van der Waals surface area (Å²) < 4.78 is 25.8. The second-order valence-electron chi connectivity index (χ2n) is 5.88. The number of nitrogen functional groups attached to an aromatic ring is 1. The average molecular weight is 328 g/mol. The van der Waals surface area contributed by atoms with Gasteiger partial charge in [0, 0.05) is 29.4 Å². The fourth-order valence-corrected chi connectivity index (χ4v) is 5.44. The molecule has 7 heteroatoms. The van der Waals surface area contributed by atoms with Crippen LogP contribution in [0.25, 0.3) is 0 Å². The third kappa shape index (κ3) is 3.36. The van der Waals surface area contributed by atoms with Gasteiger partial charge in [0.1, 0.15) is 0 Å². The van der Waals surface area contributed by atoms with Gasteiger partial charge in [0.2, 0.25) is 10.0 Å². The third-order valence-electron chi connectivity index (χ3n) is 4.12. The fourth-order valence-electron chi connectivity index (χ4n) is 2.60. The molecule has 0 radical (unpaired) electrons. The van der Waals surface area contributed by atoms with E-state index in [1.807, 2.05) is 24.3 Å². The number of rotatable bonds is 6. The molecule has 0 spiro atoms. The summed E-state index contributed by atoms with van der Waals surface area (Å²) in [5.74, 6) is 0.918. The molecule has 3 N–H and O–H groups in total. The smallest absolute Gasteiger partial charge is 0.215 e. The Bertz CT molecular complexity index is 606. The Kier molecular flexibility index (Phi) is 3.94. The fraction of sp³-hybridized carbons (Fsp3) is 0.571. The van der Waals surface area contributed by atoms with Crippen molar-refractivity contribution >= 4 is 27.5 Å². The Morgan fingerprint density at radius 2 is 1.90 bits per heavy atom. The van der Waals surface area contributed by atoms with Crippen LogP contribution < -0.4 is 5.73 Å². The molecule has 1 aromatic rings. The van der Waals surface area contributed by atoms with Gasteiger partial charge in [-0.05, 0) is 43.0 Å². The first kappa shape index (κ1) is 15.1. The minimum absolute atomic E-state index is 0.1000. The SMILES string of the molecule is Nc1ccc(SCCS(=O)(=O)N2CC(O)(C3CC3)C2)cc1. The molecule has 0 bridgehead atoms. The molecule has 1 saturated carbocycles. The predicted octanol–water partition coefficient (Wildman–Crippen LogP) is 1.15. The van der Waals surface area contributed by atoms with Gasteiger partial charge in [-0.2, -0.15) is 4.31 Å². The molecule has 1 aliphatic heterocycles. The maximum absolute atomic E-state index is 12.2. The quantitative estimate of drug-likeness (QED) is 0.604. The highest BCUT2D eigenvalue weighted by atomic mass is 32.2. The molecule has 0 unspecified atom stereocenters. The Balaban J connectivity index is 1.47. The van der Waals surface area contributed by atoms with Crippen LogP contribution in [-0.2, 0) is 10.0 Å². The largest absolute Gasteiger partial charge is 0.399 e. The van der Waals surface area contributed by atoms with Crippen molar-refractivity contribution in [3.8, 4) is 0 Å². The van der Waals surface area contributed by atoms with E-state index in [2.05, 4.69) is 0 Å². The lowest BCUT2D eigenvalue weighted by Crippen LogP contribution is -2.65. The zero-order chi connectivity index (χ0) is 15.1. The van der Waals surface area contributed by atoms with Crippen molar-refractivity contribution in [3.05, 3.63) is 24.3 Å². The second-order valence-corrected chi connectivity index (χ2v) is 9.14. The number of β-amino-alcohol motifs (C(OH)–C–C–N with tert-alkyl or cyclic N) is 1. The number of benzene rings is 1. The first-order valence-electron chi connectivity index (χ1n) is 7.08. The summed E-state index contributed by atoms with van der Waals surface area (Å²) in [4.78, 5) is 1.01. The number of anilines is 1. The van der Waals surface area contributed by atoms with Gasteiger partial charge in [0.15, 0.2) is 0 Å². The molecule has 116 valence electrons. The normalized spacial score (nSPS) is 22.0. The van der Waals surface area contributed by atoms with Gasteiger partial charge in [-0.1, -0.05) is 0 Å². The molecule has 5 nitrogen and oxygen atoms in total. The van der Waals surface area contributed by atoms with Crippen LogP contribution >= 0.6 is 11.8 Å². The lowest BCUT2D eigenvalue weighted by atomic mass is 9.91. The van der Waals surface area contributed by atoms with Gasteiger partial charge < -0.3 is 10.8 Å². The highest BCUT2D eigenvalue weighted by molar-refractivity contribution is 8.00. The van der Waals surface area contributed by atoms with E-state index in [9.17, 15) is 13.5 Å². The molecule has 0 aromatic heterocycles. The first-order valence-corrected chi connectivity index (χ1v) is 9.67. The van der Waals surface area contributed by atoms with Crippen LogP contribution in [0.5, 0.6) is 0 Å². The standard InChI is InChI=1S/C14H20N2O3S2/c15-12-3-5-13(6-4-12)20-7-8-21(18,19)16-9-14(17,10-16)11-1-2-11/h3-6,11,17H,1-2,7-10,15H2. The molecular formula is C14H20N2O3S2. The minimum atomic E-state index is -3.25. The summed E-state index contributed by atoms with van der Waals surface area (Å²) >= 11 is 1.50. The average Bonchev–Trinajstić information content (AvgIpc) is 3.22. The number of thioether (sulfide) groups is 1. The van der Waals surface area contributed by atoms with Gasteiger partial charge in [-0.25, -0.2) is 8.42 Å². The lowest BCUT2D eigenvalue weighted by Gasteiger charge is -2.45. The van der Waals surface area contributed by atoms with E-state index in [1.54, 1.807) is 0 Å². The van der Waals surface area contributed by atoms with E-state index in [0.717, 1.165) is 17.7 Å². The summed E-state index contributed by atoms with van der Waals surface area (Å²) in [6.45, 7) is 0.541. The Labute approximate surface area is 129 Å². The van der Waals surface area contributed by atoms with Crippen LogP contribution in [0.2, 0.25) is 0 Å². The van der Waals surface area contributed by atoms with Crippen molar-refractivity contribution in [1.82, 2.24) is 4.31 Å². The highest BCUT2D eigenvalue weighted by Crippen LogP contribution is 2.45. The van der Waals surface area contributed by atoms with Crippen molar-refractivity contribution < 1.29 is 13.5 Å². The van der Waals surface area contributed by atoms with Crippen LogP contribution in [0.15, 0.2) is 29.2 Å². The predicted molar refractivity (Wildman–Crippen MR) is 84.6 cm³/mol. The molecule has 2 fully saturated rings. The summed E-state index contributed by atoms with van der Waals surface area (Å²) in [6, 6.07) is 7.40. The molecule has 1 aliphatic carbocycles. The number of hydrogen-bond acceptors (Lipinski definition) is 5. The molecule has 0 atom stereocenters. The summed E-state index contributed by atoms with van der Waals surface area (Å²) in [6.07, 6.45) is 2.05. The number of nitrogens with zero attached hydrogens (tertiary/aromatic N) is 1. The Morgan fingerprint density at radius 1 is 1.29 bits per heavy atom. The van der Waals surface area contributed by atoms with Crippen LogP contribution in [0.1, 0.15) is 12.8 Å². The minimum Gasteiger partial charge on any atom is -0.399 e. The third-order valence-corrected chi connectivity index (χ3v) is 7.16. The maximum atomic E-state index is 12.2. The number of nitrogens with two attached hydrogens (primary N) is 1. The first-order chi connectivity index (χ1) is 9.89. The van der Waals surface area contributed by atoms with Crippen LogP contribution in [0.4, 0.5) is 5.69 Å². The summed E-state index contributed by atoms with van der Waals surface area (Å²) in [7, 11) is -3.25. The van der Waals surface area contributed by atoms with Crippen LogP contribution in [-0.4, -0.2) is 48.0 Å². The molecule has 0 amide bonds. The van der Waals surface area contributed by atoms with E-state index in [1.165, 1.54) is 16.1 Å². The molecule has 1 saturated heterocycles. The van der Waals surface area contributed by atoms with E-state index in [-0.39, 0.29) is 18.8 Å². The van der Waals surface area contributed by atoms with Crippen LogP contribution in [0, 0.1) is 5.92 Å². The maximum Gasteiger partial charge on any atom is 0.215 e. The topological polar surface area (TPSA) is 83.6 Å². The molecule has 21 heavy (non-hydrogen) atoms. The highest BCUT2D eigenvalue weighted by Gasteiger charge is 2.54. The molecule has 3 rings (SSSR count). The van der Waals surface area contributed by atoms with Gasteiger partial charge in [0.05, 0.1) is 11.4 Å². The zero-order valence-electron chi connectivity index (χ0n) is 11.7. The lowest BCUT2D eigenvalue weighted by molar-refractivity contribution is -0.0764. The summed E-state index contributed by atoms with van der Waals surface area (Å²) in [5.41, 5.74) is 5.56. The number of hydrogen-bond donors (Lipinski definition) is 2. The van der Waals surface area contributed by atoms with Crippen molar-refractivity contribution in [3.63, 3.8) is 0 Å². The second kappa shape index (κ2) is 5.46. The van der Waals surface area contributed by atoms with Gasteiger partial charge in [-0.3, -0.25) is 0 Å². The Hall–Kier alpha value is -0.760. The van der Waals surface area contributed by atoms with Gasteiger partial charge in [-0.15, -0.1) is 11.8 Å². The molecular weight excluding hydrogens is 308 g/mol. The van der Waals surface area contributed by atoms with Crippen molar-refractivity contribution in [1.29, 1.82) is 0 Å². The van der Waals surface area contributed by atoms with Crippen LogP contribution in [0.3, 0.4) is 0 Å². The van der Waals surface area contributed by atoms with E-state index in [0.29, 0.717) is 17.4 Å². The number of sulfonamides is 1. The molecule has 2 aliphatic rings. The monoisotopic (exact) mass is 328 g/mol. The van der Waals surface area contributed by atoms with Gasteiger partial charge >= 0.3 is 0 Å². The van der Waals surface area contributed by atoms with E-state index >= 15 is 0 Å². The van der Waals surface area contributed by atoms with E-state index < -0.39 is 15.6 Å². The Morgan fingerprint density at radius 3 is 2.48 bits per heavy atom. The summed E-state index contributed by atoms with van der Waals surface area (Å²) in [5, 5.41) is 10.2. The van der Waals surface area contributed by atoms with Crippen molar-refractivity contribution in [2.45, 2.75) is 23.3 Å². The zero-order valence-corrected chi connectivity index (χ0v) is 13.4. The molecule has 1 heterocycles. The van der Waals surface area contributed by atoms with Crippen molar-refractivity contribution in [2.24, 2.45) is 5.92 Å². The van der Waals surface area contributed by atoms with Gasteiger partial charge in [0.25, 0.3) is 0 Å². The van der Waals surface area contributed by atoms with E-state index in [4.69, 9.17) is 5.73 Å².